The van der Waals surface area contributed by atoms with Gasteiger partial charge in [-0.15, -0.1) is 0 Å². The number of amides is 1. The third kappa shape index (κ3) is 3.99. The molecule has 2 aromatic heterocycles. The second kappa shape index (κ2) is 7.85. The van der Waals surface area contributed by atoms with Crippen molar-refractivity contribution in [3.8, 4) is 17.1 Å². The van der Waals surface area contributed by atoms with Crippen LogP contribution in [-0.4, -0.2) is 45.2 Å². The minimum atomic E-state index is -0.286. The first-order valence-electron chi connectivity index (χ1n) is 8.78. The lowest BCUT2D eigenvalue weighted by Crippen LogP contribution is -2.32. The molecule has 4 rings (SSSR count). The average Bonchev–Trinajstić information content (AvgIpc) is 3.39. The SMILES string of the molecule is COc1cccc(-c2nsc(NC(=O)c3ccn(C4CCCNC4)n3)n2)c1. The highest BCUT2D eigenvalue weighted by Gasteiger charge is 2.18. The number of hydrogen-bond donors (Lipinski definition) is 2. The molecule has 1 atom stereocenters. The zero-order chi connectivity index (χ0) is 18.6. The molecule has 3 aromatic rings. The van der Waals surface area contributed by atoms with Crippen LogP contribution >= 0.6 is 11.5 Å². The van der Waals surface area contributed by atoms with Crippen molar-refractivity contribution >= 4 is 22.6 Å². The van der Waals surface area contributed by atoms with E-state index in [1.807, 2.05) is 35.1 Å². The van der Waals surface area contributed by atoms with Gasteiger partial charge >= 0.3 is 0 Å². The number of carbonyl (C=O) groups excluding carboxylic acids is 1. The average molecular weight is 384 g/mol. The predicted molar refractivity (Wildman–Crippen MR) is 103 cm³/mol. The fourth-order valence-corrected chi connectivity index (χ4v) is 3.62. The molecule has 0 saturated carbocycles. The number of nitrogens with one attached hydrogen (secondary N) is 2. The molecule has 1 amide bonds. The number of aromatic nitrogens is 4. The molecule has 0 bridgehead atoms. The number of rotatable bonds is 5. The fraction of sp³-hybridized carbons (Fsp3) is 0.333. The summed E-state index contributed by atoms with van der Waals surface area (Å²) in [7, 11) is 1.61. The van der Waals surface area contributed by atoms with Crippen LogP contribution in [0.2, 0.25) is 0 Å². The molecular formula is C18H20N6O2S. The Morgan fingerprint density at radius 3 is 3.15 bits per heavy atom. The van der Waals surface area contributed by atoms with Crippen molar-refractivity contribution in [1.29, 1.82) is 0 Å². The Bertz CT molecular complexity index is 931. The topological polar surface area (TPSA) is 94.0 Å². The van der Waals surface area contributed by atoms with Gasteiger partial charge in [0, 0.05) is 29.8 Å². The summed E-state index contributed by atoms with van der Waals surface area (Å²) in [5.74, 6) is 0.995. The van der Waals surface area contributed by atoms with Crippen molar-refractivity contribution in [1.82, 2.24) is 24.5 Å². The Labute approximate surface area is 160 Å². The van der Waals surface area contributed by atoms with Gasteiger partial charge in [-0.25, -0.2) is 0 Å². The molecule has 27 heavy (non-hydrogen) atoms. The van der Waals surface area contributed by atoms with Gasteiger partial charge in [-0.05, 0) is 37.6 Å². The van der Waals surface area contributed by atoms with Gasteiger partial charge in [-0.1, -0.05) is 12.1 Å². The van der Waals surface area contributed by atoms with Crippen LogP contribution in [0.15, 0.2) is 36.5 Å². The summed E-state index contributed by atoms with van der Waals surface area (Å²) in [6.45, 7) is 1.92. The van der Waals surface area contributed by atoms with Crippen molar-refractivity contribution in [2.45, 2.75) is 18.9 Å². The van der Waals surface area contributed by atoms with Crippen molar-refractivity contribution < 1.29 is 9.53 Å². The summed E-state index contributed by atoms with van der Waals surface area (Å²) in [6.07, 6.45) is 4.04. The third-order valence-electron chi connectivity index (χ3n) is 4.46. The lowest BCUT2D eigenvalue weighted by molar-refractivity contribution is 0.102. The van der Waals surface area contributed by atoms with Crippen molar-refractivity contribution in [3.63, 3.8) is 0 Å². The van der Waals surface area contributed by atoms with Gasteiger partial charge in [0.1, 0.15) is 5.75 Å². The molecule has 3 heterocycles. The number of nitrogens with zero attached hydrogens (tertiary/aromatic N) is 4. The molecule has 1 aliphatic rings. The summed E-state index contributed by atoms with van der Waals surface area (Å²) in [4.78, 5) is 16.9. The van der Waals surface area contributed by atoms with E-state index < -0.39 is 0 Å². The largest absolute Gasteiger partial charge is 0.497 e. The van der Waals surface area contributed by atoms with Gasteiger partial charge in [0.05, 0.1) is 13.2 Å². The summed E-state index contributed by atoms with van der Waals surface area (Å²) in [5.41, 5.74) is 1.21. The van der Waals surface area contributed by atoms with Crippen LogP contribution in [0, 0.1) is 0 Å². The molecule has 1 aliphatic heterocycles. The highest BCUT2D eigenvalue weighted by Crippen LogP contribution is 2.24. The van der Waals surface area contributed by atoms with Crippen LogP contribution in [0.5, 0.6) is 5.75 Å². The zero-order valence-corrected chi connectivity index (χ0v) is 15.7. The quantitative estimate of drug-likeness (QED) is 0.702. The van der Waals surface area contributed by atoms with E-state index in [4.69, 9.17) is 4.74 Å². The molecule has 0 spiro atoms. The monoisotopic (exact) mass is 384 g/mol. The van der Waals surface area contributed by atoms with Crippen LogP contribution in [-0.2, 0) is 0 Å². The second-order valence-corrected chi connectivity index (χ2v) is 7.04. The van der Waals surface area contributed by atoms with Crippen LogP contribution in [0.3, 0.4) is 0 Å². The molecule has 9 heteroatoms. The van der Waals surface area contributed by atoms with Gasteiger partial charge in [0.15, 0.2) is 11.5 Å². The maximum Gasteiger partial charge on any atom is 0.277 e. The van der Waals surface area contributed by atoms with E-state index >= 15 is 0 Å². The van der Waals surface area contributed by atoms with E-state index in [9.17, 15) is 4.79 Å². The number of piperidine rings is 1. The third-order valence-corrected chi connectivity index (χ3v) is 5.09. The molecule has 1 saturated heterocycles. The first-order valence-corrected chi connectivity index (χ1v) is 9.55. The smallest absolute Gasteiger partial charge is 0.277 e. The van der Waals surface area contributed by atoms with Crippen molar-refractivity contribution in [2.24, 2.45) is 0 Å². The van der Waals surface area contributed by atoms with E-state index in [0.29, 0.717) is 22.7 Å². The standard InChI is InChI=1S/C18H20N6O2S/c1-26-14-6-2-4-12(10-14)16-20-18(27-23-16)21-17(25)15-7-9-24(22-15)13-5-3-8-19-11-13/h2,4,6-7,9-10,13,19H,3,5,8,11H2,1H3,(H,20,21,23,25). The number of benzene rings is 1. The lowest BCUT2D eigenvalue weighted by Gasteiger charge is -2.22. The van der Waals surface area contributed by atoms with Crippen molar-refractivity contribution in [2.75, 3.05) is 25.5 Å². The van der Waals surface area contributed by atoms with E-state index in [1.165, 1.54) is 0 Å². The van der Waals surface area contributed by atoms with Gasteiger partial charge in [0.25, 0.3) is 5.91 Å². The number of hydrogen-bond acceptors (Lipinski definition) is 7. The van der Waals surface area contributed by atoms with Crippen molar-refractivity contribution in [3.05, 3.63) is 42.2 Å². The lowest BCUT2D eigenvalue weighted by atomic mass is 10.1. The maximum atomic E-state index is 12.5. The van der Waals surface area contributed by atoms with E-state index in [0.717, 1.165) is 48.8 Å². The molecule has 1 aromatic carbocycles. The van der Waals surface area contributed by atoms with Crippen LogP contribution in [0.1, 0.15) is 29.4 Å². The molecule has 1 fully saturated rings. The maximum absolute atomic E-state index is 12.5. The van der Waals surface area contributed by atoms with E-state index in [2.05, 4.69) is 25.1 Å². The molecule has 0 aliphatic carbocycles. The Kier molecular flexibility index (Phi) is 5.12. The van der Waals surface area contributed by atoms with Gasteiger partial charge in [0.2, 0.25) is 5.13 Å². The van der Waals surface area contributed by atoms with Gasteiger partial charge < -0.3 is 10.1 Å². The Hall–Kier alpha value is -2.78. The Morgan fingerprint density at radius 1 is 1.41 bits per heavy atom. The summed E-state index contributed by atoms with van der Waals surface area (Å²) in [6, 6.07) is 9.51. The zero-order valence-electron chi connectivity index (χ0n) is 14.9. The molecule has 140 valence electrons. The van der Waals surface area contributed by atoms with Gasteiger partial charge in [-0.2, -0.15) is 14.5 Å². The number of anilines is 1. The first kappa shape index (κ1) is 17.6. The second-order valence-electron chi connectivity index (χ2n) is 6.29. The van der Waals surface area contributed by atoms with Crippen LogP contribution in [0.25, 0.3) is 11.4 Å². The van der Waals surface area contributed by atoms with Crippen LogP contribution < -0.4 is 15.4 Å². The summed E-state index contributed by atoms with van der Waals surface area (Å²) in [5, 5.41) is 11.0. The first-order chi connectivity index (χ1) is 13.2. The molecule has 2 N–H and O–H groups in total. The molecular weight excluding hydrogens is 364 g/mol. The fourth-order valence-electron chi connectivity index (χ4n) is 3.04. The Morgan fingerprint density at radius 2 is 2.33 bits per heavy atom. The van der Waals surface area contributed by atoms with E-state index in [1.54, 1.807) is 13.2 Å². The highest BCUT2D eigenvalue weighted by molar-refractivity contribution is 7.10. The van der Waals surface area contributed by atoms with Crippen LogP contribution in [0.4, 0.5) is 5.13 Å². The van der Waals surface area contributed by atoms with Gasteiger partial charge in [-0.3, -0.25) is 14.8 Å². The van der Waals surface area contributed by atoms with E-state index in [-0.39, 0.29) is 5.91 Å². The summed E-state index contributed by atoms with van der Waals surface area (Å²) < 4.78 is 11.4. The number of methoxy groups -OCH3 is 1. The minimum absolute atomic E-state index is 0.286. The molecule has 0 radical (unpaired) electrons. The number of carbonyl (C=O) groups is 1. The normalized spacial score (nSPS) is 16.9. The highest BCUT2D eigenvalue weighted by atomic mass is 32.1. The summed E-state index contributed by atoms with van der Waals surface area (Å²) >= 11 is 1.14. The minimum Gasteiger partial charge on any atom is -0.497 e. The number of ether oxygens (including phenoxy) is 1. The molecule has 8 nitrogen and oxygen atoms in total. The molecule has 1 unspecified atom stereocenters. The Balaban J connectivity index is 1.44. The predicted octanol–water partition coefficient (Wildman–Crippen LogP) is 2.59.